The van der Waals surface area contributed by atoms with Crippen molar-refractivity contribution in [2.45, 2.75) is 17.9 Å². The highest BCUT2D eigenvalue weighted by atomic mass is 32.2. The van der Waals surface area contributed by atoms with E-state index in [0.717, 1.165) is 26.4 Å². The number of hydrogen-bond donors (Lipinski definition) is 1. The number of ether oxygens (including phenoxy) is 2. The molecule has 6 nitrogen and oxygen atoms in total. The molecule has 0 bridgehead atoms. The molecule has 1 aliphatic rings. The molecule has 4 rings (SSSR count). The first kappa shape index (κ1) is 18.5. The average molecular weight is 405 g/mol. The summed E-state index contributed by atoms with van der Waals surface area (Å²) in [5.41, 5.74) is 2.70. The fourth-order valence-corrected chi connectivity index (χ4v) is 4.92. The van der Waals surface area contributed by atoms with Crippen LogP contribution in [0.25, 0.3) is 21.3 Å². The minimum absolute atomic E-state index is 0.191. The molecule has 27 heavy (non-hydrogen) atoms. The van der Waals surface area contributed by atoms with E-state index in [4.69, 9.17) is 9.47 Å². The normalized spacial score (nSPS) is 18.0. The van der Waals surface area contributed by atoms with E-state index in [1.54, 1.807) is 29.5 Å². The van der Waals surface area contributed by atoms with Gasteiger partial charge in [0.15, 0.2) is 0 Å². The van der Waals surface area contributed by atoms with Gasteiger partial charge in [-0.05, 0) is 42.3 Å². The maximum Gasteiger partial charge on any atom is 0.240 e. The van der Waals surface area contributed by atoms with Crippen molar-refractivity contribution in [2.75, 3.05) is 26.4 Å². The molecule has 3 aromatic rings. The van der Waals surface area contributed by atoms with E-state index in [1.165, 1.54) is 0 Å². The summed E-state index contributed by atoms with van der Waals surface area (Å²) < 4.78 is 39.8. The minimum atomic E-state index is -3.63. The highest BCUT2D eigenvalue weighted by Gasteiger charge is 2.20. The highest BCUT2D eigenvalue weighted by Crippen LogP contribution is 2.28. The van der Waals surface area contributed by atoms with E-state index in [9.17, 15) is 8.42 Å². The number of aryl methyl sites for hydroxylation is 1. The van der Waals surface area contributed by atoms with E-state index in [2.05, 4.69) is 9.71 Å². The Labute approximate surface area is 162 Å². The smallest absolute Gasteiger partial charge is 0.240 e. The van der Waals surface area contributed by atoms with Gasteiger partial charge in [0, 0.05) is 6.54 Å². The molecule has 8 heteroatoms. The molecule has 0 radical (unpaired) electrons. The van der Waals surface area contributed by atoms with Crippen LogP contribution in [0.1, 0.15) is 5.01 Å². The van der Waals surface area contributed by atoms with Crippen LogP contribution in [0.4, 0.5) is 0 Å². The second kappa shape index (κ2) is 7.65. The average Bonchev–Trinajstić information content (AvgIpc) is 3.06. The fourth-order valence-electron chi connectivity index (χ4n) is 3.01. The van der Waals surface area contributed by atoms with E-state index in [0.29, 0.717) is 19.8 Å². The third-order valence-corrected chi connectivity index (χ3v) is 6.73. The zero-order valence-electron chi connectivity index (χ0n) is 14.8. The molecule has 1 atom stereocenters. The van der Waals surface area contributed by atoms with Gasteiger partial charge in [0.25, 0.3) is 0 Å². The number of benzene rings is 2. The lowest BCUT2D eigenvalue weighted by atomic mass is 10.1. The van der Waals surface area contributed by atoms with Crippen molar-refractivity contribution in [1.29, 1.82) is 0 Å². The first-order chi connectivity index (χ1) is 13.0. The van der Waals surface area contributed by atoms with Gasteiger partial charge in [-0.2, -0.15) is 0 Å². The monoisotopic (exact) mass is 404 g/mol. The topological polar surface area (TPSA) is 77.5 Å². The maximum absolute atomic E-state index is 12.7. The summed E-state index contributed by atoms with van der Waals surface area (Å²) in [7, 11) is -3.63. The van der Waals surface area contributed by atoms with Crippen molar-refractivity contribution < 1.29 is 17.9 Å². The summed E-state index contributed by atoms with van der Waals surface area (Å²) in [4.78, 5) is 4.74. The Balaban J connectivity index is 1.56. The van der Waals surface area contributed by atoms with Crippen molar-refractivity contribution in [3.05, 3.63) is 47.5 Å². The van der Waals surface area contributed by atoms with Crippen LogP contribution in [-0.2, 0) is 19.5 Å². The molecule has 1 aromatic heterocycles. The van der Waals surface area contributed by atoms with Crippen molar-refractivity contribution >= 4 is 31.6 Å². The van der Waals surface area contributed by atoms with Gasteiger partial charge >= 0.3 is 0 Å². The Morgan fingerprint density at radius 3 is 2.85 bits per heavy atom. The lowest BCUT2D eigenvalue weighted by molar-refractivity contribution is -0.0846. The molecule has 1 fully saturated rings. The summed E-state index contributed by atoms with van der Waals surface area (Å²) in [6.45, 7) is 3.60. The molecule has 0 spiro atoms. The van der Waals surface area contributed by atoms with Gasteiger partial charge in [-0.1, -0.05) is 18.2 Å². The summed E-state index contributed by atoms with van der Waals surface area (Å²) >= 11 is 1.64. The van der Waals surface area contributed by atoms with Crippen molar-refractivity contribution in [2.24, 2.45) is 0 Å². The van der Waals surface area contributed by atoms with Gasteiger partial charge in [0.1, 0.15) is 0 Å². The van der Waals surface area contributed by atoms with Gasteiger partial charge in [0.2, 0.25) is 10.0 Å². The van der Waals surface area contributed by atoms with Crippen molar-refractivity contribution in [1.82, 2.24) is 9.71 Å². The predicted octanol–water partition coefficient (Wildman–Crippen LogP) is 2.97. The lowest BCUT2D eigenvalue weighted by Gasteiger charge is -2.23. The van der Waals surface area contributed by atoms with Crippen LogP contribution < -0.4 is 4.72 Å². The molecular weight excluding hydrogens is 384 g/mol. The summed E-state index contributed by atoms with van der Waals surface area (Å²) in [6, 6.07) is 12.9. The third kappa shape index (κ3) is 4.20. The minimum Gasteiger partial charge on any atom is -0.376 e. The molecule has 2 aromatic carbocycles. The van der Waals surface area contributed by atoms with Crippen LogP contribution in [0.2, 0.25) is 0 Å². The number of aromatic nitrogens is 1. The van der Waals surface area contributed by atoms with Crippen LogP contribution in [0.5, 0.6) is 0 Å². The number of thiazole rings is 1. The number of rotatable bonds is 5. The van der Waals surface area contributed by atoms with Crippen LogP contribution in [0.3, 0.4) is 0 Å². The molecule has 0 aliphatic carbocycles. The highest BCUT2D eigenvalue weighted by molar-refractivity contribution is 7.89. The van der Waals surface area contributed by atoms with E-state index < -0.39 is 10.0 Å². The Hall–Kier alpha value is -1.84. The first-order valence-corrected chi connectivity index (χ1v) is 11.0. The molecule has 1 saturated heterocycles. The van der Waals surface area contributed by atoms with E-state index in [-0.39, 0.29) is 17.5 Å². The van der Waals surface area contributed by atoms with Gasteiger partial charge < -0.3 is 9.47 Å². The number of nitrogens with zero attached hydrogens (tertiary/aromatic N) is 1. The van der Waals surface area contributed by atoms with Crippen LogP contribution in [-0.4, -0.2) is 45.9 Å². The van der Waals surface area contributed by atoms with Crippen LogP contribution >= 0.6 is 11.3 Å². The summed E-state index contributed by atoms with van der Waals surface area (Å²) in [5, 5.41) is 1.01. The third-order valence-electron chi connectivity index (χ3n) is 4.36. The van der Waals surface area contributed by atoms with Gasteiger partial charge in [-0.15, -0.1) is 11.3 Å². The first-order valence-electron chi connectivity index (χ1n) is 8.68. The van der Waals surface area contributed by atoms with Gasteiger partial charge in [-0.25, -0.2) is 18.1 Å². The van der Waals surface area contributed by atoms with E-state index in [1.807, 2.05) is 31.2 Å². The number of nitrogens with one attached hydrogen (secondary N) is 1. The number of sulfonamides is 1. The van der Waals surface area contributed by atoms with Gasteiger partial charge in [-0.3, -0.25) is 0 Å². The molecule has 1 N–H and O–H groups in total. The van der Waals surface area contributed by atoms with Crippen LogP contribution in [0.15, 0.2) is 47.4 Å². The van der Waals surface area contributed by atoms with Crippen molar-refractivity contribution in [3.63, 3.8) is 0 Å². The number of hydrogen-bond acceptors (Lipinski definition) is 6. The fraction of sp³-hybridized carbons (Fsp3) is 0.316. The molecule has 0 amide bonds. The molecular formula is C19H20N2O4S2. The zero-order valence-corrected chi connectivity index (χ0v) is 16.5. The molecule has 142 valence electrons. The standard InChI is InChI=1S/C19H20N2O4S2/c1-13-21-18-10-15(5-6-19(18)26-13)14-3-2-4-17(9-14)27(22,23)20-11-16-12-24-7-8-25-16/h2-6,9-10,16,20H,7-8,11-12H2,1H3. The summed E-state index contributed by atoms with van der Waals surface area (Å²) in [6.07, 6.45) is -0.257. The Bertz CT molecular complexity index is 1060. The van der Waals surface area contributed by atoms with Crippen LogP contribution in [0, 0.1) is 6.92 Å². The second-order valence-corrected chi connectivity index (χ2v) is 9.36. The maximum atomic E-state index is 12.7. The van der Waals surface area contributed by atoms with Crippen molar-refractivity contribution in [3.8, 4) is 11.1 Å². The molecule has 0 saturated carbocycles. The Morgan fingerprint density at radius 2 is 2.04 bits per heavy atom. The SMILES string of the molecule is Cc1nc2cc(-c3cccc(S(=O)(=O)NCC4COCCO4)c3)ccc2s1. The quantitative estimate of drug-likeness (QED) is 0.707. The second-order valence-electron chi connectivity index (χ2n) is 6.36. The largest absolute Gasteiger partial charge is 0.376 e. The summed E-state index contributed by atoms with van der Waals surface area (Å²) in [5.74, 6) is 0. The Kier molecular flexibility index (Phi) is 5.25. The molecule has 1 aliphatic heterocycles. The van der Waals surface area contributed by atoms with E-state index >= 15 is 0 Å². The zero-order chi connectivity index (χ0) is 18.9. The molecule has 2 heterocycles. The molecule has 1 unspecified atom stereocenters. The number of fused-ring (bicyclic) bond motifs is 1. The lowest BCUT2D eigenvalue weighted by Crippen LogP contribution is -2.39. The predicted molar refractivity (Wildman–Crippen MR) is 106 cm³/mol. The van der Waals surface area contributed by atoms with Gasteiger partial charge in [0.05, 0.1) is 46.0 Å². The Morgan fingerprint density at radius 1 is 1.19 bits per heavy atom.